The first-order valence-corrected chi connectivity index (χ1v) is 5.58. The van der Waals surface area contributed by atoms with Crippen molar-refractivity contribution in [2.24, 2.45) is 0 Å². The minimum Gasteiger partial charge on any atom is -0.355 e. The Labute approximate surface area is 95.4 Å². The van der Waals surface area contributed by atoms with Crippen LogP contribution in [0.15, 0.2) is 6.20 Å². The largest absolute Gasteiger partial charge is 0.355 e. The van der Waals surface area contributed by atoms with E-state index in [4.69, 9.17) is 0 Å². The molecule has 0 bridgehead atoms. The molecule has 0 spiro atoms. The van der Waals surface area contributed by atoms with Crippen molar-refractivity contribution < 1.29 is 4.79 Å². The quantitative estimate of drug-likeness (QED) is 0.719. The van der Waals surface area contributed by atoms with Gasteiger partial charge < -0.3 is 10.6 Å². The van der Waals surface area contributed by atoms with Gasteiger partial charge in [-0.2, -0.15) is 0 Å². The number of carbonyl (C=O) groups is 1. The topological polar surface area (TPSA) is 71.8 Å². The van der Waals surface area contributed by atoms with Gasteiger partial charge in [-0.25, -0.2) is 4.68 Å². The first kappa shape index (κ1) is 12.6. The third-order valence-corrected chi connectivity index (χ3v) is 2.24. The highest BCUT2D eigenvalue weighted by Gasteiger charge is 2.15. The van der Waals surface area contributed by atoms with E-state index < -0.39 is 0 Å². The molecule has 1 aromatic rings. The van der Waals surface area contributed by atoms with Crippen molar-refractivity contribution in [1.82, 2.24) is 25.6 Å². The standard InChI is InChI=1S/C10H19N5O/c1-4-11-6-9-7-15(14-13-9)8(3)10(16)12-5-2/h7-8,11H,4-6H2,1-3H3,(H,12,16). The van der Waals surface area contributed by atoms with Crippen molar-refractivity contribution in [3.8, 4) is 0 Å². The third kappa shape index (κ3) is 3.30. The first-order valence-electron chi connectivity index (χ1n) is 5.58. The zero-order valence-corrected chi connectivity index (χ0v) is 10.0. The number of hydrogen-bond donors (Lipinski definition) is 2. The van der Waals surface area contributed by atoms with E-state index in [0.29, 0.717) is 13.1 Å². The van der Waals surface area contributed by atoms with Gasteiger partial charge in [0, 0.05) is 13.1 Å². The van der Waals surface area contributed by atoms with Gasteiger partial charge in [0.05, 0.1) is 11.9 Å². The molecular formula is C10H19N5O. The molecule has 0 aliphatic rings. The molecule has 0 aromatic carbocycles. The van der Waals surface area contributed by atoms with Crippen LogP contribution in [-0.4, -0.2) is 34.0 Å². The van der Waals surface area contributed by atoms with Crippen molar-refractivity contribution >= 4 is 5.91 Å². The number of amides is 1. The summed E-state index contributed by atoms with van der Waals surface area (Å²) < 4.78 is 1.58. The normalized spacial score (nSPS) is 12.4. The maximum atomic E-state index is 11.6. The van der Waals surface area contributed by atoms with Crippen molar-refractivity contribution in [2.45, 2.75) is 33.4 Å². The van der Waals surface area contributed by atoms with E-state index in [0.717, 1.165) is 12.2 Å². The Morgan fingerprint density at radius 2 is 2.25 bits per heavy atom. The van der Waals surface area contributed by atoms with Crippen LogP contribution in [0, 0.1) is 0 Å². The van der Waals surface area contributed by atoms with E-state index in [-0.39, 0.29) is 11.9 Å². The zero-order valence-electron chi connectivity index (χ0n) is 10.0. The lowest BCUT2D eigenvalue weighted by molar-refractivity contribution is -0.124. The summed E-state index contributed by atoms with van der Waals surface area (Å²) in [5, 5.41) is 13.8. The van der Waals surface area contributed by atoms with Gasteiger partial charge in [-0.05, 0) is 20.4 Å². The van der Waals surface area contributed by atoms with Crippen molar-refractivity contribution in [3.63, 3.8) is 0 Å². The summed E-state index contributed by atoms with van der Waals surface area (Å²) in [5.41, 5.74) is 0.845. The molecule has 0 saturated carbocycles. The van der Waals surface area contributed by atoms with E-state index in [1.807, 2.05) is 13.8 Å². The number of nitrogens with one attached hydrogen (secondary N) is 2. The lowest BCUT2D eigenvalue weighted by Crippen LogP contribution is -2.31. The number of carbonyl (C=O) groups excluding carboxylic acids is 1. The maximum absolute atomic E-state index is 11.6. The Bertz CT molecular complexity index is 336. The van der Waals surface area contributed by atoms with E-state index in [1.54, 1.807) is 17.8 Å². The molecule has 1 heterocycles. The van der Waals surface area contributed by atoms with Gasteiger partial charge in [-0.15, -0.1) is 5.10 Å². The fourth-order valence-electron chi connectivity index (χ4n) is 1.28. The van der Waals surface area contributed by atoms with Crippen molar-refractivity contribution in [3.05, 3.63) is 11.9 Å². The van der Waals surface area contributed by atoms with Crippen LogP contribution in [0.4, 0.5) is 0 Å². The van der Waals surface area contributed by atoms with E-state index in [9.17, 15) is 4.79 Å². The third-order valence-electron chi connectivity index (χ3n) is 2.24. The van der Waals surface area contributed by atoms with Crippen LogP contribution in [0.2, 0.25) is 0 Å². The number of nitrogens with zero attached hydrogens (tertiary/aromatic N) is 3. The van der Waals surface area contributed by atoms with Gasteiger partial charge in [0.25, 0.3) is 0 Å². The second-order valence-corrected chi connectivity index (χ2v) is 3.54. The fraction of sp³-hybridized carbons (Fsp3) is 0.700. The van der Waals surface area contributed by atoms with Crippen molar-refractivity contribution in [1.29, 1.82) is 0 Å². The minimum atomic E-state index is -0.317. The molecule has 0 fully saturated rings. The molecule has 1 aromatic heterocycles. The van der Waals surface area contributed by atoms with Gasteiger partial charge in [-0.3, -0.25) is 4.79 Å². The Hall–Kier alpha value is -1.43. The second kappa shape index (κ2) is 6.22. The molecule has 90 valence electrons. The molecule has 1 unspecified atom stereocenters. The minimum absolute atomic E-state index is 0.0394. The maximum Gasteiger partial charge on any atom is 0.244 e. The predicted molar refractivity (Wildman–Crippen MR) is 60.8 cm³/mol. The van der Waals surface area contributed by atoms with Crippen molar-refractivity contribution in [2.75, 3.05) is 13.1 Å². The summed E-state index contributed by atoms with van der Waals surface area (Å²) in [6, 6.07) is -0.317. The molecule has 16 heavy (non-hydrogen) atoms. The molecule has 0 saturated heterocycles. The molecule has 1 atom stereocenters. The summed E-state index contributed by atoms with van der Waals surface area (Å²) in [6.07, 6.45) is 1.79. The van der Waals surface area contributed by atoms with Gasteiger partial charge in [0.15, 0.2) is 0 Å². The molecule has 0 aliphatic carbocycles. The second-order valence-electron chi connectivity index (χ2n) is 3.54. The Morgan fingerprint density at radius 3 is 2.88 bits per heavy atom. The number of rotatable bonds is 6. The van der Waals surface area contributed by atoms with Gasteiger partial charge >= 0.3 is 0 Å². The summed E-state index contributed by atoms with van der Waals surface area (Å²) in [7, 11) is 0. The molecule has 0 aliphatic heterocycles. The molecule has 2 N–H and O–H groups in total. The van der Waals surface area contributed by atoms with Crippen LogP contribution in [0.5, 0.6) is 0 Å². The summed E-state index contributed by atoms with van der Waals surface area (Å²) >= 11 is 0. The smallest absolute Gasteiger partial charge is 0.244 e. The SMILES string of the molecule is CCNCc1cn(C(C)C(=O)NCC)nn1. The molecule has 6 heteroatoms. The van der Waals surface area contributed by atoms with Gasteiger partial charge in [-0.1, -0.05) is 12.1 Å². The summed E-state index contributed by atoms with van der Waals surface area (Å²) in [4.78, 5) is 11.6. The fourth-order valence-corrected chi connectivity index (χ4v) is 1.28. The van der Waals surface area contributed by atoms with Crippen LogP contribution in [-0.2, 0) is 11.3 Å². The average Bonchev–Trinajstić information content (AvgIpc) is 2.74. The average molecular weight is 225 g/mol. The Morgan fingerprint density at radius 1 is 1.50 bits per heavy atom. The van der Waals surface area contributed by atoms with E-state index in [1.165, 1.54) is 0 Å². The highest BCUT2D eigenvalue weighted by Crippen LogP contribution is 2.04. The number of hydrogen-bond acceptors (Lipinski definition) is 4. The Kier molecular flexibility index (Phi) is 4.91. The lowest BCUT2D eigenvalue weighted by Gasteiger charge is -2.10. The van der Waals surface area contributed by atoms with Crippen LogP contribution >= 0.6 is 0 Å². The van der Waals surface area contributed by atoms with Crippen LogP contribution in [0.3, 0.4) is 0 Å². The molecular weight excluding hydrogens is 206 g/mol. The first-order chi connectivity index (χ1) is 7.69. The molecule has 0 radical (unpaired) electrons. The summed E-state index contributed by atoms with van der Waals surface area (Å²) in [5.74, 6) is -0.0394. The lowest BCUT2D eigenvalue weighted by atomic mass is 10.3. The van der Waals surface area contributed by atoms with Gasteiger partial charge in [0.1, 0.15) is 6.04 Å². The zero-order chi connectivity index (χ0) is 12.0. The van der Waals surface area contributed by atoms with E-state index in [2.05, 4.69) is 20.9 Å². The number of aromatic nitrogens is 3. The molecule has 1 rings (SSSR count). The highest BCUT2D eigenvalue weighted by molar-refractivity contribution is 5.79. The molecule has 6 nitrogen and oxygen atoms in total. The highest BCUT2D eigenvalue weighted by atomic mass is 16.2. The monoisotopic (exact) mass is 225 g/mol. The molecule has 1 amide bonds. The van der Waals surface area contributed by atoms with Crippen LogP contribution in [0.25, 0.3) is 0 Å². The Balaban J connectivity index is 2.59. The summed E-state index contributed by atoms with van der Waals surface area (Å²) in [6.45, 7) is 7.92. The van der Waals surface area contributed by atoms with Crippen LogP contribution in [0.1, 0.15) is 32.5 Å². The number of likely N-dealkylation sites (N-methyl/N-ethyl adjacent to an activating group) is 1. The van der Waals surface area contributed by atoms with E-state index >= 15 is 0 Å². The van der Waals surface area contributed by atoms with Crippen LogP contribution < -0.4 is 10.6 Å². The predicted octanol–water partition coefficient (Wildman–Crippen LogP) is 0.0847. The van der Waals surface area contributed by atoms with Gasteiger partial charge in [0.2, 0.25) is 5.91 Å².